The van der Waals surface area contributed by atoms with Gasteiger partial charge in [-0.2, -0.15) is 11.8 Å². The van der Waals surface area contributed by atoms with Crippen LogP contribution in [0.4, 0.5) is 0 Å². The monoisotopic (exact) mass is 229 g/mol. The highest BCUT2D eigenvalue weighted by Gasteiger charge is 2.29. The van der Waals surface area contributed by atoms with Crippen LogP contribution in [0, 0.1) is 0 Å². The molecule has 1 saturated heterocycles. The molecule has 1 aliphatic rings. The Hall–Kier alpha value is 0.310. The molecule has 0 radical (unpaired) electrons. The van der Waals surface area contributed by atoms with Crippen LogP contribution in [0.1, 0.15) is 59.3 Å². The highest BCUT2D eigenvalue weighted by molar-refractivity contribution is 8.00. The Morgan fingerprint density at radius 3 is 2.73 bits per heavy atom. The lowest BCUT2D eigenvalue weighted by molar-refractivity contribution is 0.421. The zero-order chi connectivity index (χ0) is 11.1. The third-order valence-electron chi connectivity index (χ3n) is 3.46. The third-order valence-corrected chi connectivity index (χ3v) is 5.00. The van der Waals surface area contributed by atoms with Crippen molar-refractivity contribution >= 4 is 11.8 Å². The summed E-state index contributed by atoms with van der Waals surface area (Å²) in [5.41, 5.74) is 0. The molecule has 0 aromatic rings. The Labute approximate surface area is 99.8 Å². The Kier molecular flexibility index (Phi) is 6.06. The molecular weight excluding hydrogens is 202 g/mol. The van der Waals surface area contributed by atoms with Gasteiger partial charge in [0.1, 0.15) is 0 Å². The molecule has 0 spiro atoms. The quantitative estimate of drug-likeness (QED) is 0.712. The van der Waals surface area contributed by atoms with E-state index < -0.39 is 0 Å². The van der Waals surface area contributed by atoms with E-state index in [2.05, 4.69) is 37.8 Å². The highest BCUT2D eigenvalue weighted by atomic mass is 32.2. The fourth-order valence-corrected chi connectivity index (χ4v) is 3.49. The molecule has 1 fully saturated rings. The van der Waals surface area contributed by atoms with Crippen molar-refractivity contribution in [2.45, 2.75) is 70.1 Å². The van der Waals surface area contributed by atoms with Crippen LogP contribution in [0.25, 0.3) is 0 Å². The summed E-state index contributed by atoms with van der Waals surface area (Å²) >= 11 is 2.16. The van der Waals surface area contributed by atoms with Crippen molar-refractivity contribution in [2.24, 2.45) is 0 Å². The van der Waals surface area contributed by atoms with Crippen LogP contribution in [-0.4, -0.2) is 23.1 Å². The van der Waals surface area contributed by atoms with Gasteiger partial charge in [-0.1, -0.05) is 26.7 Å². The van der Waals surface area contributed by atoms with Crippen molar-refractivity contribution in [3.8, 4) is 0 Å². The van der Waals surface area contributed by atoms with Gasteiger partial charge in [0, 0.05) is 17.3 Å². The first-order valence-corrected chi connectivity index (χ1v) is 7.56. The SMILES string of the molecule is CCCCC(CC)NCC1(C)CCCS1. The van der Waals surface area contributed by atoms with Crippen molar-refractivity contribution in [1.82, 2.24) is 5.32 Å². The smallest absolute Gasteiger partial charge is 0.0256 e. The topological polar surface area (TPSA) is 12.0 Å². The summed E-state index contributed by atoms with van der Waals surface area (Å²) in [5, 5.41) is 3.77. The number of hydrogen-bond acceptors (Lipinski definition) is 2. The molecule has 0 aliphatic carbocycles. The zero-order valence-corrected chi connectivity index (χ0v) is 11.5. The minimum Gasteiger partial charge on any atom is -0.313 e. The molecule has 90 valence electrons. The number of thioether (sulfide) groups is 1. The third kappa shape index (κ3) is 4.78. The lowest BCUT2D eigenvalue weighted by Gasteiger charge is -2.26. The summed E-state index contributed by atoms with van der Waals surface area (Å²) in [6.45, 7) is 8.21. The molecule has 0 aromatic heterocycles. The van der Waals surface area contributed by atoms with Crippen LogP contribution in [0.5, 0.6) is 0 Å². The van der Waals surface area contributed by atoms with Gasteiger partial charge in [-0.15, -0.1) is 0 Å². The maximum absolute atomic E-state index is 3.77. The molecule has 0 saturated carbocycles. The second kappa shape index (κ2) is 6.80. The fourth-order valence-electron chi connectivity index (χ4n) is 2.24. The molecule has 2 heteroatoms. The molecule has 2 unspecified atom stereocenters. The van der Waals surface area contributed by atoms with E-state index in [-0.39, 0.29) is 0 Å². The van der Waals surface area contributed by atoms with Gasteiger partial charge in [0.15, 0.2) is 0 Å². The number of unbranched alkanes of at least 4 members (excludes halogenated alkanes) is 1. The molecule has 1 rings (SSSR count). The van der Waals surface area contributed by atoms with E-state index in [0.29, 0.717) is 4.75 Å². The summed E-state index contributed by atoms with van der Waals surface area (Å²) in [5.74, 6) is 1.37. The standard InChI is InChI=1S/C13H27NS/c1-4-6-8-12(5-2)14-11-13(3)9-7-10-15-13/h12,14H,4-11H2,1-3H3. The van der Waals surface area contributed by atoms with Crippen LogP contribution in [0.2, 0.25) is 0 Å². The van der Waals surface area contributed by atoms with Crippen LogP contribution < -0.4 is 5.32 Å². The normalized spacial score (nSPS) is 28.2. The molecule has 0 aromatic carbocycles. The lowest BCUT2D eigenvalue weighted by atomic mass is 10.0. The Balaban J connectivity index is 2.20. The predicted octanol–water partition coefficient (Wildman–Crippen LogP) is 3.83. The molecule has 15 heavy (non-hydrogen) atoms. The first kappa shape index (κ1) is 13.4. The summed E-state index contributed by atoms with van der Waals surface area (Å²) < 4.78 is 0.527. The lowest BCUT2D eigenvalue weighted by Crippen LogP contribution is -2.39. The highest BCUT2D eigenvalue weighted by Crippen LogP contribution is 2.37. The van der Waals surface area contributed by atoms with Crippen LogP contribution in [0.3, 0.4) is 0 Å². The van der Waals surface area contributed by atoms with E-state index in [9.17, 15) is 0 Å². The first-order chi connectivity index (χ1) is 7.20. The van der Waals surface area contributed by atoms with E-state index in [1.54, 1.807) is 0 Å². The van der Waals surface area contributed by atoms with Gasteiger partial charge < -0.3 is 5.32 Å². The fraction of sp³-hybridized carbons (Fsp3) is 1.00. The van der Waals surface area contributed by atoms with Gasteiger partial charge in [-0.3, -0.25) is 0 Å². The minimum absolute atomic E-state index is 0.527. The second-order valence-corrected chi connectivity index (χ2v) is 6.71. The van der Waals surface area contributed by atoms with Gasteiger partial charge in [-0.05, 0) is 38.4 Å². The number of rotatable bonds is 7. The largest absolute Gasteiger partial charge is 0.313 e. The van der Waals surface area contributed by atoms with Crippen molar-refractivity contribution in [2.75, 3.05) is 12.3 Å². The van der Waals surface area contributed by atoms with Crippen LogP contribution in [-0.2, 0) is 0 Å². The van der Waals surface area contributed by atoms with Gasteiger partial charge in [0.25, 0.3) is 0 Å². The molecule has 2 atom stereocenters. The van der Waals surface area contributed by atoms with Crippen molar-refractivity contribution in [1.29, 1.82) is 0 Å². The average Bonchev–Trinajstić information content (AvgIpc) is 2.66. The molecule has 1 nitrogen and oxygen atoms in total. The Morgan fingerprint density at radius 1 is 1.40 bits per heavy atom. The number of hydrogen-bond donors (Lipinski definition) is 1. The van der Waals surface area contributed by atoms with Gasteiger partial charge in [0.2, 0.25) is 0 Å². The Morgan fingerprint density at radius 2 is 2.20 bits per heavy atom. The maximum Gasteiger partial charge on any atom is 0.0256 e. The van der Waals surface area contributed by atoms with Crippen molar-refractivity contribution in [3.63, 3.8) is 0 Å². The van der Waals surface area contributed by atoms with E-state index in [0.717, 1.165) is 6.04 Å². The molecular formula is C13H27NS. The van der Waals surface area contributed by atoms with Crippen LogP contribution in [0.15, 0.2) is 0 Å². The summed E-state index contributed by atoms with van der Waals surface area (Å²) in [6.07, 6.45) is 8.14. The van der Waals surface area contributed by atoms with E-state index in [4.69, 9.17) is 0 Å². The van der Waals surface area contributed by atoms with E-state index >= 15 is 0 Å². The summed E-state index contributed by atoms with van der Waals surface area (Å²) in [7, 11) is 0. The van der Waals surface area contributed by atoms with Crippen molar-refractivity contribution in [3.05, 3.63) is 0 Å². The van der Waals surface area contributed by atoms with Gasteiger partial charge in [0.05, 0.1) is 0 Å². The van der Waals surface area contributed by atoms with Crippen LogP contribution >= 0.6 is 11.8 Å². The first-order valence-electron chi connectivity index (χ1n) is 6.57. The molecule has 1 heterocycles. The van der Waals surface area contributed by atoms with Crippen molar-refractivity contribution < 1.29 is 0 Å². The van der Waals surface area contributed by atoms with E-state index in [1.165, 1.54) is 50.8 Å². The maximum atomic E-state index is 3.77. The predicted molar refractivity (Wildman–Crippen MR) is 71.7 cm³/mol. The van der Waals surface area contributed by atoms with Gasteiger partial charge in [-0.25, -0.2) is 0 Å². The summed E-state index contributed by atoms with van der Waals surface area (Å²) in [6, 6.07) is 0.753. The second-order valence-electron chi connectivity index (χ2n) is 5.03. The Bertz CT molecular complexity index is 164. The van der Waals surface area contributed by atoms with Gasteiger partial charge >= 0.3 is 0 Å². The minimum atomic E-state index is 0.527. The summed E-state index contributed by atoms with van der Waals surface area (Å²) in [4.78, 5) is 0. The number of nitrogens with one attached hydrogen (secondary N) is 1. The zero-order valence-electron chi connectivity index (χ0n) is 10.6. The molecule has 1 aliphatic heterocycles. The molecule has 0 bridgehead atoms. The molecule has 0 amide bonds. The van der Waals surface area contributed by atoms with E-state index in [1.807, 2.05) is 0 Å². The molecule has 1 N–H and O–H groups in total. The average molecular weight is 229 g/mol.